The molecule has 1 aliphatic carbocycles. The quantitative estimate of drug-likeness (QED) is 0.0341. The second kappa shape index (κ2) is 16.6. The lowest BCUT2D eigenvalue weighted by molar-refractivity contribution is -0.140. The SMILES string of the molecule is C=C(C)C(=O)OCCOC(=O)c1ccccc1-c1c2ccc(=[N+](CC)CC)cc-2oc2cc(N(CC)CC)ccc12.O=S(=O)([O-])C(F)(F)F. The molecule has 0 saturated carbocycles. The van der Waals surface area contributed by atoms with Gasteiger partial charge in [-0.2, -0.15) is 13.2 Å². The van der Waals surface area contributed by atoms with Crippen LogP contribution in [0.1, 0.15) is 45.0 Å². The van der Waals surface area contributed by atoms with Gasteiger partial charge in [-0.1, -0.05) is 24.8 Å². The molecule has 0 aromatic heterocycles. The number of carbonyl (C=O) groups excluding carboxylic acids is 2. The Morgan fingerprint density at radius 2 is 1.53 bits per heavy atom. The summed E-state index contributed by atoms with van der Waals surface area (Å²) in [5.74, 6) is -0.266. The van der Waals surface area contributed by atoms with E-state index in [-0.39, 0.29) is 13.2 Å². The number of hydrogen-bond donors (Lipinski definition) is 0. The van der Waals surface area contributed by atoms with E-state index in [9.17, 15) is 22.8 Å². The largest absolute Gasteiger partial charge is 0.741 e. The summed E-state index contributed by atoms with van der Waals surface area (Å²) in [5.41, 5.74) is -0.562. The van der Waals surface area contributed by atoms with Crippen molar-refractivity contribution in [3.8, 4) is 22.5 Å². The molecule has 0 fully saturated rings. The Bertz CT molecular complexity index is 1960. The van der Waals surface area contributed by atoms with E-state index in [1.807, 2.05) is 18.2 Å². The van der Waals surface area contributed by atoms with Gasteiger partial charge in [0.05, 0.1) is 11.6 Å². The van der Waals surface area contributed by atoms with Crippen LogP contribution >= 0.6 is 0 Å². The minimum absolute atomic E-state index is 0.0437. The maximum Gasteiger partial charge on any atom is 0.485 e. The number of halogens is 3. The average molecular weight is 705 g/mol. The summed E-state index contributed by atoms with van der Waals surface area (Å²) in [4.78, 5) is 27.3. The highest BCUT2D eigenvalue weighted by molar-refractivity contribution is 7.86. The molecule has 0 radical (unpaired) electrons. The second-order valence-corrected chi connectivity index (χ2v) is 12.1. The fourth-order valence-corrected chi connectivity index (χ4v) is 5.08. The maximum atomic E-state index is 13.3. The Labute approximate surface area is 283 Å². The summed E-state index contributed by atoms with van der Waals surface area (Å²) < 4.78 is 78.3. The number of hydrogen-bond acceptors (Lipinski definition) is 9. The topological polar surface area (TPSA) is 129 Å². The first kappa shape index (κ1) is 38.8. The van der Waals surface area contributed by atoms with Gasteiger partial charge in [-0.25, -0.2) is 22.6 Å². The normalized spacial score (nSPS) is 11.4. The second-order valence-electron chi connectivity index (χ2n) is 10.7. The molecule has 0 saturated heterocycles. The smallest absolute Gasteiger partial charge is 0.485 e. The van der Waals surface area contributed by atoms with Gasteiger partial charge in [0.25, 0.3) is 0 Å². The Morgan fingerprint density at radius 1 is 0.918 bits per heavy atom. The molecule has 14 heteroatoms. The maximum absolute atomic E-state index is 13.3. The summed E-state index contributed by atoms with van der Waals surface area (Å²) in [6.45, 7) is 17.1. The van der Waals surface area contributed by atoms with Crippen LogP contribution in [-0.4, -0.2) is 69.8 Å². The molecule has 0 bridgehead atoms. The highest BCUT2D eigenvalue weighted by atomic mass is 32.2. The number of carbonyl (C=O) groups is 2. The fraction of sp³-hybridized carbons (Fsp3) is 0.343. The zero-order valence-corrected chi connectivity index (χ0v) is 28.7. The van der Waals surface area contributed by atoms with Crippen LogP contribution in [-0.2, 0) is 24.4 Å². The first-order valence-electron chi connectivity index (χ1n) is 15.5. The molecule has 0 spiro atoms. The summed E-state index contributed by atoms with van der Waals surface area (Å²) in [6, 6.07) is 19.9. The predicted octanol–water partition coefficient (Wildman–Crippen LogP) is 6.19. The van der Waals surface area contributed by atoms with Gasteiger partial charge in [0.2, 0.25) is 5.36 Å². The minimum Gasteiger partial charge on any atom is -0.741 e. The molecule has 1 aliphatic heterocycles. The van der Waals surface area contributed by atoms with Gasteiger partial charge >= 0.3 is 17.4 Å². The Balaban J connectivity index is 0.000000723. The van der Waals surface area contributed by atoms with Gasteiger partial charge in [0.1, 0.15) is 37.6 Å². The molecule has 4 rings (SSSR count). The van der Waals surface area contributed by atoms with E-state index in [4.69, 9.17) is 26.9 Å². The van der Waals surface area contributed by atoms with Crippen LogP contribution in [0.4, 0.5) is 18.9 Å². The lowest BCUT2D eigenvalue weighted by Gasteiger charge is -2.22. The van der Waals surface area contributed by atoms with Crippen molar-refractivity contribution in [1.29, 1.82) is 0 Å². The van der Waals surface area contributed by atoms with Crippen molar-refractivity contribution in [2.75, 3.05) is 44.3 Å². The van der Waals surface area contributed by atoms with Crippen molar-refractivity contribution in [1.82, 2.24) is 4.58 Å². The number of benzene rings is 3. The average Bonchev–Trinajstić information content (AvgIpc) is 3.05. The lowest BCUT2D eigenvalue weighted by atomic mass is 9.90. The van der Waals surface area contributed by atoms with Crippen LogP contribution in [0, 0.1) is 0 Å². The summed E-state index contributed by atoms with van der Waals surface area (Å²) in [5, 5.41) is 1.98. The number of fused-ring (bicyclic) bond motifs is 2. The molecule has 0 atom stereocenters. The van der Waals surface area contributed by atoms with Crippen molar-refractivity contribution in [2.24, 2.45) is 0 Å². The van der Waals surface area contributed by atoms with Crippen molar-refractivity contribution >= 4 is 38.7 Å². The first-order chi connectivity index (χ1) is 23.1. The molecule has 10 nitrogen and oxygen atoms in total. The van der Waals surface area contributed by atoms with Crippen molar-refractivity contribution in [3.05, 3.63) is 83.7 Å². The van der Waals surface area contributed by atoms with E-state index in [2.05, 4.69) is 80.1 Å². The third-order valence-corrected chi connectivity index (χ3v) is 8.11. The molecular formula is C35H39F3N2O8S. The standard InChI is InChI=1S/C34H39N2O5.CHF3O3S/c1-7-35(8-2)24-15-17-28-30(21-24)41-31-22-25(36(9-3)10-4)16-18-29(31)32(28)26-13-11-12-14-27(26)34(38)40-20-19-39-33(37)23(5)6;2-1(3,4)8(5,6)7/h11-18,21-22H,5,7-10,19-20H2,1-4,6H3;(H,5,6,7)/q+1;/p-1. The number of alkyl halides is 3. The number of anilines is 1. The number of nitrogens with zero attached hydrogens (tertiary/aromatic N) is 2. The monoisotopic (exact) mass is 704 g/mol. The fourth-order valence-electron chi connectivity index (χ4n) is 5.08. The molecule has 2 aliphatic rings. The molecule has 264 valence electrons. The lowest BCUT2D eigenvalue weighted by Crippen LogP contribution is -2.29. The molecule has 0 amide bonds. The van der Waals surface area contributed by atoms with E-state index in [0.29, 0.717) is 11.1 Å². The van der Waals surface area contributed by atoms with Gasteiger partial charge in [-0.05, 0) is 64.4 Å². The summed E-state index contributed by atoms with van der Waals surface area (Å²) >= 11 is 0. The van der Waals surface area contributed by atoms with E-state index in [1.54, 1.807) is 13.0 Å². The van der Waals surface area contributed by atoms with Gasteiger partial charge in [-0.3, -0.25) is 0 Å². The summed E-state index contributed by atoms with van der Waals surface area (Å²) in [7, 11) is -6.09. The van der Waals surface area contributed by atoms with Gasteiger partial charge in [0, 0.05) is 53.0 Å². The Hall–Kier alpha value is -4.69. The van der Waals surface area contributed by atoms with Crippen LogP contribution in [0.25, 0.3) is 33.4 Å². The van der Waals surface area contributed by atoms with Crippen LogP contribution in [0.2, 0.25) is 0 Å². The van der Waals surface area contributed by atoms with Crippen molar-refractivity contribution < 1.29 is 49.6 Å². The first-order valence-corrected chi connectivity index (χ1v) is 16.9. The van der Waals surface area contributed by atoms with Gasteiger partial charge in [-0.15, -0.1) is 0 Å². The van der Waals surface area contributed by atoms with Gasteiger partial charge in [0.15, 0.2) is 10.1 Å². The third-order valence-electron chi connectivity index (χ3n) is 7.54. The zero-order chi connectivity index (χ0) is 36.5. The molecule has 2 aromatic carbocycles. The molecule has 49 heavy (non-hydrogen) atoms. The van der Waals surface area contributed by atoms with Crippen LogP contribution in [0.5, 0.6) is 0 Å². The zero-order valence-electron chi connectivity index (χ0n) is 27.9. The Morgan fingerprint density at radius 3 is 2.10 bits per heavy atom. The number of esters is 2. The van der Waals surface area contributed by atoms with Crippen LogP contribution in [0.15, 0.2) is 77.2 Å². The van der Waals surface area contributed by atoms with Crippen molar-refractivity contribution in [3.63, 3.8) is 0 Å². The third kappa shape index (κ3) is 9.48. The Kier molecular flexibility index (Phi) is 13.1. The number of ether oxygens (including phenoxy) is 2. The molecule has 0 unspecified atom stereocenters. The minimum atomic E-state index is -6.09. The molecule has 2 aromatic rings. The van der Waals surface area contributed by atoms with E-state index in [0.717, 1.165) is 70.6 Å². The summed E-state index contributed by atoms with van der Waals surface area (Å²) in [6.07, 6.45) is 0. The highest BCUT2D eigenvalue weighted by Crippen LogP contribution is 2.42. The number of rotatable bonds is 11. The molecule has 1 heterocycles. The van der Waals surface area contributed by atoms with E-state index in [1.165, 1.54) is 0 Å². The van der Waals surface area contributed by atoms with E-state index < -0.39 is 27.6 Å². The van der Waals surface area contributed by atoms with E-state index >= 15 is 0 Å². The highest BCUT2D eigenvalue weighted by Gasteiger charge is 2.37. The van der Waals surface area contributed by atoms with Crippen molar-refractivity contribution in [2.45, 2.75) is 40.1 Å². The van der Waals surface area contributed by atoms with Gasteiger partial charge < -0.3 is 23.3 Å². The van der Waals surface area contributed by atoms with Crippen LogP contribution < -0.4 is 14.8 Å². The predicted molar refractivity (Wildman–Crippen MR) is 180 cm³/mol. The molecule has 0 N–H and O–H groups in total. The molecular weight excluding hydrogens is 665 g/mol. The van der Waals surface area contributed by atoms with Crippen LogP contribution in [0.3, 0.4) is 0 Å².